The van der Waals surface area contributed by atoms with Gasteiger partial charge >= 0.3 is 0 Å². The molecular weight excluding hydrogens is 608 g/mol. The van der Waals surface area contributed by atoms with Gasteiger partial charge in [-0.05, 0) is 12.8 Å². The van der Waals surface area contributed by atoms with Crippen LogP contribution in [0, 0.1) is 0 Å². The summed E-state index contributed by atoms with van der Waals surface area (Å²) >= 11 is 0. The van der Waals surface area contributed by atoms with Crippen LogP contribution in [0.3, 0.4) is 0 Å². The molecule has 264 valence electrons. The second-order valence-corrected chi connectivity index (χ2v) is 12.3. The van der Waals surface area contributed by atoms with E-state index in [2.05, 4.69) is 0 Å². The van der Waals surface area contributed by atoms with Crippen LogP contribution >= 0.6 is 0 Å². The molecular formula is C25H50N6O14. The molecule has 2 aliphatic carbocycles. The smallest absolute Gasteiger partial charge is 0.176 e. The van der Waals surface area contributed by atoms with Gasteiger partial charge in [0.25, 0.3) is 0 Å². The van der Waals surface area contributed by atoms with Crippen molar-refractivity contribution in [3.8, 4) is 0 Å². The van der Waals surface area contributed by atoms with E-state index < -0.39 is 142 Å². The van der Waals surface area contributed by atoms with Gasteiger partial charge in [-0.25, -0.2) is 0 Å². The molecule has 0 aromatic heterocycles. The van der Waals surface area contributed by atoms with Crippen molar-refractivity contribution in [2.24, 2.45) is 34.4 Å². The Kier molecular flexibility index (Phi) is 12.8. The molecule has 2 saturated heterocycles. The summed E-state index contributed by atoms with van der Waals surface area (Å²) in [5.41, 5.74) is 36.4. The number of nitrogens with two attached hydrogens (primary N) is 6. The Balaban J connectivity index is 1.41. The monoisotopic (exact) mass is 658 g/mol. The molecule has 0 amide bonds. The van der Waals surface area contributed by atoms with Crippen LogP contribution in [-0.2, 0) is 28.4 Å². The lowest BCUT2D eigenvalue weighted by Gasteiger charge is -2.47. The minimum atomic E-state index is -1.49. The van der Waals surface area contributed by atoms with Gasteiger partial charge in [0.1, 0.15) is 67.8 Å². The van der Waals surface area contributed by atoms with E-state index in [4.69, 9.17) is 62.8 Å². The summed E-state index contributed by atoms with van der Waals surface area (Å²) in [6, 6.07) is -5.64. The van der Waals surface area contributed by atoms with Gasteiger partial charge in [0, 0.05) is 24.2 Å². The Morgan fingerprint density at radius 1 is 0.489 bits per heavy atom. The van der Waals surface area contributed by atoms with E-state index >= 15 is 0 Å². The van der Waals surface area contributed by atoms with Crippen LogP contribution in [0.4, 0.5) is 0 Å². The maximum absolute atomic E-state index is 10.8. The van der Waals surface area contributed by atoms with Gasteiger partial charge in [-0.1, -0.05) is 0 Å². The molecule has 2 heterocycles. The zero-order valence-corrected chi connectivity index (χ0v) is 24.6. The molecule has 0 aromatic carbocycles. The lowest BCUT2D eigenvalue weighted by molar-refractivity contribution is -0.320. The van der Waals surface area contributed by atoms with E-state index in [1.54, 1.807) is 0 Å². The quantitative estimate of drug-likeness (QED) is 0.0968. The van der Waals surface area contributed by atoms with Gasteiger partial charge < -0.3 is 104 Å². The fourth-order valence-corrected chi connectivity index (χ4v) is 6.29. The van der Waals surface area contributed by atoms with E-state index in [0.717, 1.165) is 0 Å². The summed E-state index contributed by atoms with van der Waals surface area (Å²) in [6.45, 7) is -1.98. The van der Waals surface area contributed by atoms with E-state index in [1.165, 1.54) is 0 Å². The molecule has 20 heteroatoms. The summed E-state index contributed by atoms with van der Waals surface area (Å²) in [4.78, 5) is 0. The number of aliphatic hydroxyl groups excluding tert-OH is 8. The van der Waals surface area contributed by atoms with Gasteiger partial charge in [-0.3, -0.25) is 0 Å². The zero-order valence-electron chi connectivity index (χ0n) is 24.6. The van der Waals surface area contributed by atoms with Crippen LogP contribution in [0.5, 0.6) is 0 Å². The number of hydrogen-bond acceptors (Lipinski definition) is 20. The maximum Gasteiger partial charge on any atom is 0.176 e. The Labute approximate surface area is 259 Å². The molecule has 20 atom stereocenters. The average Bonchev–Trinajstić information content (AvgIpc) is 3.00. The first-order chi connectivity index (χ1) is 21.2. The summed E-state index contributed by atoms with van der Waals surface area (Å²) < 4.78 is 34.3. The van der Waals surface area contributed by atoms with Crippen molar-refractivity contribution < 1.29 is 69.3 Å². The first-order valence-electron chi connectivity index (χ1n) is 14.9. The third-order valence-corrected chi connectivity index (χ3v) is 9.09. The topological polar surface area (TPSA) is 373 Å². The van der Waals surface area contributed by atoms with Crippen molar-refractivity contribution in [2.75, 3.05) is 20.0 Å². The molecule has 0 radical (unpaired) electrons. The van der Waals surface area contributed by atoms with E-state index in [1.807, 2.05) is 0 Å². The third-order valence-electron chi connectivity index (χ3n) is 9.09. The zero-order chi connectivity index (χ0) is 33.3. The molecule has 0 spiro atoms. The molecule has 20 nitrogen and oxygen atoms in total. The van der Waals surface area contributed by atoms with Crippen molar-refractivity contribution in [2.45, 2.75) is 135 Å². The highest BCUT2D eigenvalue weighted by molar-refractivity contribution is 5.01. The van der Waals surface area contributed by atoms with Crippen molar-refractivity contribution in [3.05, 3.63) is 0 Å². The van der Waals surface area contributed by atoms with Gasteiger partial charge in [-0.2, -0.15) is 0 Å². The largest absolute Gasteiger partial charge is 0.394 e. The SMILES string of the molecule is NC1C[C@@H](N)C(O)C(O)[C@@H]1O[C@H]1OC(CO)[C@@H](O)[C@H](OCO[C@H]2C(N)[C@H](O[C@H]3C(N)C[C@H](N)C(O)[C@@H]3O)OC(CO)[C@@H]2O)C1N. The standard InChI is InChI=1S/C25H50N6O14/c26-6-1-8(28)20(18(38)14(6)34)44-24-12(30)22(16(36)10(3-32)42-24)40-5-41-23-13(31)25(43-11(4-33)17(23)37)45-21-9(29)2-7(27)15(35)19(21)39/h6-25,32-39H,1-5,26-31H2/t6-,7+,8?,9?,10?,11?,12?,13?,14?,15?,16-,17+,18-,19?,20-,21+,22-,23+,24-,25+/m0/s1. The minimum absolute atomic E-state index is 0.123. The fourth-order valence-electron chi connectivity index (χ4n) is 6.29. The molecule has 0 aromatic rings. The molecule has 0 bridgehead atoms. The van der Waals surface area contributed by atoms with Crippen molar-refractivity contribution >= 4 is 0 Å². The number of hydrogen-bond donors (Lipinski definition) is 14. The first kappa shape index (κ1) is 37.0. The molecule has 2 saturated carbocycles. The van der Waals surface area contributed by atoms with Gasteiger partial charge in [0.15, 0.2) is 12.6 Å². The van der Waals surface area contributed by atoms with Crippen LogP contribution in [0.25, 0.3) is 0 Å². The van der Waals surface area contributed by atoms with Crippen LogP contribution in [0.15, 0.2) is 0 Å². The Morgan fingerprint density at radius 3 is 1.18 bits per heavy atom. The Bertz CT molecular complexity index is 865. The summed E-state index contributed by atoms with van der Waals surface area (Å²) in [6.07, 6.45) is -18.5. The highest BCUT2D eigenvalue weighted by Gasteiger charge is 2.51. The summed E-state index contributed by atoms with van der Waals surface area (Å²) in [7, 11) is 0. The van der Waals surface area contributed by atoms with Crippen LogP contribution in [-0.4, -0.2) is 183 Å². The van der Waals surface area contributed by atoms with Crippen LogP contribution in [0.2, 0.25) is 0 Å². The Hall–Kier alpha value is -0.800. The predicted octanol–water partition coefficient (Wildman–Crippen LogP) is -9.14. The van der Waals surface area contributed by atoms with E-state index in [0.29, 0.717) is 0 Å². The second kappa shape index (κ2) is 15.6. The number of rotatable bonds is 10. The maximum atomic E-state index is 10.8. The molecule has 4 aliphatic rings. The van der Waals surface area contributed by atoms with Gasteiger partial charge in [0.05, 0.1) is 37.5 Å². The molecule has 9 unspecified atom stereocenters. The van der Waals surface area contributed by atoms with E-state index in [9.17, 15) is 40.9 Å². The van der Waals surface area contributed by atoms with Gasteiger partial charge in [0.2, 0.25) is 0 Å². The molecule has 45 heavy (non-hydrogen) atoms. The molecule has 4 rings (SSSR count). The number of ether oxygens (including phenoxy) is 6. The average molecular weight is 659 g/mol. The molecule has 20 N–H and O–H groups in total. The van der Waals surface area contributed by atoms with Crippen molar-refractivity contribution in [3.63, 3.8) is 0 Å². The van der Waals surface area contributed by atoms with Gasteiger partial charge in [-0.15, -0.1) is 0 Å². The molecule has 4 fully saturated rings. The lowest BCUT2D eigenvalue weighted by atomic mass is 9.84. The Morgan fingerprint density at radius 2 is 0.844 bits per heavy atom. The normalized spacial score (nSPS) is 52.9. The predicted molar refractivity (Wildman–Crippen MR) is 149 cm³/mol. The third kappa shape index (κ3) is 7.76. The lowest BCUT2D eigenvalue weighted by Crippen LogP contribution is -2.68. The van der Waals surface area contributed by atoms with Crippen molar-refractivity contribution in [1.29, 1.82) is 0 Å². The fraction of sp³-hybridized carbons (Fsp3) is 1.00. The first-order valence-corrected chi connectivity index (χ1v) is 14.9. The molecule has 2 aliphatic heterocycles. The van der Waals surface area contributed by atoms with Crippen LogP contribution in [0.1, 0.15) is 12.8 Å². The highest BCUT2D eigenvalue weighted by Crippen LogP contribution is 2.31. The van der Waals surface area contributed by atoms with Crippen molar-refractivity contribution in [1.82, 2.24) is 0 Å². The summed E-state index contributed by atoms with van der Waals surface area (Å²) in [5, 5.41) is 82.6. The minimum Gasteiger partial charge on any atom is -0.394 e. The summed E-state index contributed by atoms with van der Waals surface area (Å²) in [5.74, 6) is 0. The van der Waals surface area contributed by atoms with E-state index in [-0.39, 0.29) is 12.8 Å². The highest BCUT2D eigenvalue weighted by atomic mass is 16.7. The van der Waals surface area contributed by atoms with Crippen LogP contribution < -0.4 is 34.4 Å². The number of aliphatic hydroxyl groups is 8. The second-order valence-electron chi connectivity index (χ2n) is 12.3.